The Kier molecular flexibility index (Phi) is 4.81. The van der Waals surface area contributed by atoms with E-state index in [9.17, 15) is 4.79 Å². The molecular weight excluding hydrogens is 346 g/mol. The van der Waals surface area contributed by atoms with Crippen LogP contribution in [0.25, 0.3) is 11.4 Å². The van der Waals surface area contributed by atoms with E-state index in [-0.39, 0.29) is 5.56 Å². The summed E-state index contributed by atoms with van der Waals surface area (Å²) in [5, 5.41) is 0. The van der Waals surface area contributed by atoms with E-state index in [2.05, 4.69) is 55.4 Å². The summed E-state index contributed by atoms with van der Waals surface area (Å²) in [6.07, 6.45) is 7.64. The molecule has 0 fully saturated rings. The standard InChI is InChI=1S/C19H19N5OS/c1-26-17-5-3-2-4-13(17)10-24-7-6-16-15(11-24)19(25)23-18(22-16)14-8-20-12-21-9-14/h2-5,8-9,12H,6-7,10-11H2,1H3,(H,22,23,25). The molecule has 1 aliphatic heterocycles. The Morgan fingerprint density at radius 2 is 2.04 bits per heavy atom. The molecule has 3 heterocycles. The fourth-order valence-electron chi connectivity index (χ4n) is 3.25. The molecule has 0 bridgehead atoms. The molecule has 0 atom stereocenters. The number of rotatable bonds is 4. The van der Waals surface area contributed by atoms with Gasteiger partial charge in [0.2, 0.25) is 0 Å². The third kappa shape index (κ3) is 3.40. The molecular formula is C19H19N5OS. The molecule has 0 spiro atoms. The van der Waals surface area contributed by atoms with Crippen LogP contribution in [0.2, 0.25) is 0 Å². The van der Waals surface area contributed by atoms with E-state index in [1.165, 1.54) is 16.8 Å². The summed E-state index contributed by atoms with van der Waals surface area (Å²) < 4.78 is 0. The van der Waals surface area contributed by atoms with E-state index in [4.69, 9.17) is 0 Å². The second-order valence-electron chi connectivity index (χ2n) is 6.24. The van der Waals surface area contributed by atoms with Gasteiger partial charge < -0.3 is 4.98 Å². The summed E-state index contributed by atoms with van der Waals surface area (Å²) in [7, 11) is 0. The highest BCUT2D eigenvalue weighted by Gasteiger charge is 2.22. The summed E-state index contributed by atoms with van der Waals surface area (Å²) in [4.78, 5) is 31.7. The number of H-pyrrole nitrogens is 1. The number of benzene rings is 1. The van der Waals surface area contributed by atoms with Crippen molar-refractivity contribution in [3.8, 4) is 11.4 Å². The average Bonchev–Trinajstić information content (AvgIpc) is 2.69. The van der Waals surface area contributed by atoms with Crippen molar-refractivity contribution in [3.63, 3.8) is 0 Å². The van der Waals surface area contributed by atoms with Gasteiger partial charge >= 0.3 is 0 Å². The Bertz CT molecular complexity index is 973. The fourth-order valence-corrected chi connectivity index (χ4v) is 3.86. The number of hydrogen-bond acceptors (Lipinski definition) is 6. The van der Waals surface area contributed by atoms with Crippen LogP contribution >= 0.6 is 11.8 Å². The molecule has 1 aromatic carbocycles. The Morgan fingerprint density at radius 1 is 1.23 bits per heavy atom. The lowest BCUT2D eigenvalue weighted by atomic mass is 10.1. The minimum absolute atomic E-state index is 0.0725. The van der Waals surface area contributed by atoms with E-state index < -0.39 is 0 Å². The van der Waals surface area contributed by atoms with Crippen molar-refractivity contribution in [2.24, 2.45) is 0 Å². The van der Waals surface area contributed by atoms with Crippen LogP contribution < -0.4 is 5.56 Å². The van der Waals surface area contributed by atoms with Crippen molar-refractivity contribution in [2.75, 3.05) is 12.8 Å². The average molecular weight is 365 g/mol. The second kappa shape index (κ2) is 7.39. The lowest BCUT2D eigenvalue weighted by Crippen LogP contribution is -2.35. The number of nitrogens with one attached hydrogen (secondary N) is 1. The molecule has 0 aliphatic carbocycles. The highest BCUT2D eigenvalue weighted by Crippen LogP contribution is 2.24. The minimum Gasteiger partial charge on any atom is -0.306 e. The molecule has 132 valence electrons. The predicted octanol–water partition coefficient (Wildman–Crippen LogP) is 2.51. The Morgan fingerprint density at radius 3 is 2.85 bits per heavy atom. The van der Waals surface area contributed by atoms with Gasteiger partial charge in [-0.1, -0.05) is 18.2 Å². The Labute approximate surface area is 155 Å². The normalized spacial score (nSPS) is 14.2. The zero-order valence-electron chi connectivity index (χ0n) is 14.5. The van der Waals surface area contributed by atoms with Crippen LogP contribution in [0, 0.1) is 0 Å². The molecule has 1 aliphatic rings. The van der Waals surface area contributed by atoms with Gasteiger partial charge in [0.25, 0.3) is 5.56 Å². The molecule has 0 amide bonds. The number of nitrogens with zero attached hydrogens (tertiary/aromatic N) is 4. The maximum atomic E-state index is 12.6. The van der Waals surface area contributed by atoms with Crippen LogP contribution in [0.3, 0.4) is 0 Å². The molecule has 26 heavy (non-hydrogen) atoms. The van der Waals surface area contributed by atoms with Gasteiger partial charge in [0.1, 0.15) is 12.2 Å². The molecule has 6 nitrogen and oxygen atoms in total. The highest BCUT2D eigenvalue weighted by molar-refractivity contribution is 7.98. The monoisotopic (exact) mass is 365 g/mol. The zero-order valence-corrected chi connectivity index (χ0v) is 15.3. The molecule has 0 saturated heterocycles. The van der Waals surface area contributed by atoms with Crippen LogP contribution in [-0.2, 0) is 19.5 Å². The Hall–Kier alpha value is -2.51. The lowest BCUT2D eigenvalue weighted by molar-refractivity contribution is 0.240. The Balaban J connectivity index is 1.59. The first-order valence-corrected chi connectivity index (χ1v) is 9.69. The van der Waals surface area contributed by atoms with Gasteiger partial charge in [-0.2, -0.15) is 0 Å². The SMILES string of the molecule is CSc1ccccc1CN1CCc2nc(-c3cncnc3)[nH]c(=O)c2C1. The zero-order chi connectivity index (χ0) is 17.9. The summed E-state index contributed by atoms with van der Waals surface area (Å²) in [6.45, 7) is 2.34. The molecule has 0 saturated carbocycles. The van der Waals surface area contributed by atoms with E-state index in [1.807, 2.05) is 0 Å². The molecule has 0 unspecified atom stereocenters. The summed E-state index contributed by atoms with van der Waals surface area (Å²) in [5.41, 5.74) is 3.59. The van der Waals surface area contributed by atoms with Gasteiger partial charge in [-0.05, 0) is 17.9 Å². The summed E-state index contributed by atoms with van der Waals surface area (Å²) in [6, 6.07) is 8.42. The van der Waals surface area contributed by atoms with Gasteiger partial charge in [0, 0.05) is 43.3 Å². The third-order valence-electron chi connectivity index (χ3n) is 4.57. The van der Waals surface area contributed by atoms with Crippen LogP contribution in [0.15, 0.2) is 52.7 Å². The molecule has 7 heteroatoms. The number of hydrogen-bond donors (Lipinski definition) is 1. The number of fused-ring (bicyclic) bond motifs is 1. The maximum Gasteiger partial charge on any atom is 0.255 e. The van der Waals surface area contributed by atoms with Gasteiger partial charge in [-0.3, -0.25) is 9.69 Å². The first kappa shape index (κ1) is 16.9. The summed E-state index contributed by atoms with van der Waals surface area (Å²) >= 11 is 1.75. The smallest absolute Gasteiger partial charge is 0.255 e. The van der Waals surface area contributed by atoms with Crippen molar-refractivity contribution >= 4 is 11.8 Å². The fraction of sp³-hybridized carbons (Fsp3) is 0.263. The molecule has 1 N–H and O–H groups in total. The quantitative estimate of drug-likeness (QED) is 0.716. The topological polar surface area (TPSA) is 74.8 Å². The second-order valence-corrected chi connectivity index (χ2v) is 7.09. The van der Waals surface area contributed by atoms with Crippen molar-refractivity contribution < 1.29 is 0 Å². The van der Waals surface area contributed by atoms with Gasteiger partial charge in [0.05, 0.1) is 16.8 Å². The van der Waals surface area contributed by atoms with Gasteiger partial charge in [-0.15, -0.1) is 11.8 Å². The third-order valence-corrected chi connectivity index (χ3v) is 5.41. The molecule has 3 aromatic rings. The van der Waals surface area contributed by atoms with Crippen LogP contribution in [0.5, 0.6) is 0 Å². The van der Waals surface area contributed by atoms with Gasteiger partial charge in [-0.25, -0.2) is 15.0 Å². The molecule has 2 aromatic heterocycles. The van der Waals surface area contributed by atoms with Crippen molar-refractivity contribution in [1.29, 1.82) is 0 Å². The number of thioether (sulfide) groups is 1. The number of aromatic nitrogens is 4. The predicted molar refractivity (Wildman–Crippen MR) is 102 cm³/mol. The summed E-state index contributed by atoms with van der Waals surface area (Å²) in [5.74, 6) is 0.538. The molecule has 4 rings (SSSR count). The van der Waals surface area contributed by atoms with Crippen molar-refractivity contribution in [3.05, 3.63) is 70.2 Å². The van der Waals surface area contributed by atoms with E-state index >= 15 is 0 Å². The van der Waals surface area contributed by atoms with Crippen LogP contribution in [0.1, 0.15) is 16.8 Å². The van der Waals surface area contributed by atoms with Crippen LogP contribution in [0.4, 0.5) is 0 Å². The maximum absolute atomic E-state index is 12.6. The number of aromatic amines is 1. The minimum atomic E-state index is -0.0725. The van der Waals surface area contributed by atoms with Crippen molar-refractivity contribution in [2.45, 2.75) is 24.4 Å². The van der Waals surface area contributed by atoms with E-state index in [0.717, 1.165) is 36.3 Å². The molecule has 0 radical (unpaired) electrons. The largest absolute Gasteiger partial charge is 0.306 e. The lowest BCUT2D eigenvalue weighted by Gasteiger charge is -2.28. The first-order chi connectivity index (χ1) is 12.7. The van der Waals surface area contributed by atoms with E-state index in [1.54, 1.807) is 24.2 Å². The highest BCUT2D eigenvalue weighted by atomic mass is 32.2. The van der Waals surface area contributed by atoms with Crippen molar-refractivity contribution in [1.82, 2.24) is 24.8 Å². The first-order valence-electron chi connectivity index (χ1n) is 8.46. The van der Waals surface area contributed by atoms with Crippen LogP contribution in [-0.4, -0.2) is 37.6 Å². The van der Waals surface area contributed by atoms with Gasteiger partial charge in [0.15, 0.2) is 0 Å². The van der Waals surface area contributed by atoms with E-state index in [0.29, 0.717) is 12.4 Å².